The number of carbonyl (C=O) groups excluding carboxylic acids is 3. The normalized spacial score (nSPS) is 10.5. The van der Waals surface area contributed by atoms with Gasteiger partial charge < -0.3 is 14.2 Å². The zero-order valence-corrected chi connectivity index (χ0v) is 20.8. The van der Waals surface area contributed by atoms with E-state index in [1.54, 1.807) is 21.0 Å². The first kappa shape index (κ1) is 25.9. The van der Waals surface area contributed by atoms with E-state index in [9.17, 15) is 14.4 Å². The molecular weight excluding hydrogens is 468 g/mol. The van der Waals surface area contributed by atoms with E-state index in [2.05, 4.69) is 4.98 Å². The topological polar surface area (TPSA) is 95.0 Å². The van der Waals surface area contributed by atoms with Crippen LogP contribution >= 0.6 is 11.3 Å². The van der Waals surface area contributed by atoms with E-state index >= 15 is 0 Å². The van der Waals surface area contributed by atoms with Crippen molar-refractivity contribution < 1.29 is 28.6 Å². The molecule has 3 aromatic rings. The molecule has 0 aliphatic carbocycles. The summed E-state index contributed by atoms with van der Waals surface area (Å²) in [6.07, 6.45) is 0.537. The fourth-order valence-corrected chi connectivity index (χ4v) is 4.33. The number of nitrogens with zero attached hydrogens (tertiary/aromatic N) is 2. The first-order valence-corrected chi connectivity index (χ1v) is 12.0. The first-order valence-electron chi connectivity index (χ1n) is 11.2. The van der Waals surface area contributed by atoms with Gasteiger partial charge in [0.15, 0.2) is 11.7 Å². The molecule has 0 aliphatic rings. The molecule has 0 saturated heterocycles. The fourth-order valence-electron chi connectivity index (χ4n) is 3.35. The van der Waals surface area contributed by atoms with E-state index in [1.807, 2.05) is 54.6 Å². The Kier molecular flexibility index (Phi) is 9.37. The molecule has 0 aliphatic heterocycles. The van der Waals surface area contributed by atoms with E-state index in [-0.39, 0.29) is 19.6 Å². The van der Waals surface area contributed by atoms with Crippen LogP contribution in [0, 0.1) is 6.92 Å². The predicted molar refractivity (Wildman–Crippen MR) is 133 cm³/mol. The van der Waals surface area contributed by atoms with Gasteiger partial charge >= 0.3 is 11.9 Å². The van der Waals surface area contributed by atoms with Gasteiger partial charge in [-0.1, -0.05) is 59.9 Å². The van der Waals surface area contributed by atoms with Crippen molar-refractivity contribution in [1.82, 2.24) is 4.98 Å². The molecule has 0 atom stereocenters. The highest BCUT2D eigenvalue weighted by atomic mass is 32.1. The largest absolute Gasteiger partial charge is 0.496 e. The Balaban J connectivity index is 1.69. The van der Waals surface area contributed by atoms with Crippen molar-refractivity contribution >= 4 is 34.3 Å². The third-order valence-electron chi connectivity index (χ3n) is 5.11. The van der Waals surface area contributed by atoms with Gasteiger partial charge in [-0.15, -0.1) is 0 Å². The lowest BCUT2D eigenvalue weighted by atomic mass is 10.1. The van der Waals surface area contributed by atoms with Crippen LogP contribution in [0.2, 0.25) is 0 Å². The van der Waals surface area contributed by atoms with Crippen LogP contribution in [-0.2, 0) is 32.0 Å². The van der Waals surface area contributed by atoms with Crippen molar-refractivity contribution in [3.63, 3.8) is 0 Å². The van der Waals surface area contributed by atoms with Crippen LogP contribution in [0.25, 0.3) is 0 Å². The van der Waals surface area contributed by atoms with Crippen molar-refractivity contribution in [2.24, 2.45) is 0 Å². The zero-order chi connectivity index (χ0) is 25.2. The summed E-state index contributed by atoms with van der Waals surface area (Å²) in [5, 5.41) is 0.337. The van der Waals surface area contributed by atoms with Crippen LogP contribution in [-0.4, -0.2) is 43.2 Å². The van der Waals surface area contributed by atoms with Gasteiger partial charge in [0.1, 0.15) is 10.6 Å². The molecule has 2 aromatic carbocycles. The minimum atomic E-state index is -0.494. The molecule has 1 amide bonds. The molecule has 0 fully saturated rings. The molecular formula is C26H28N2O6S. The van der Waals surface area contributed by atoms with Crippen molar-refractivity contribution in [1.29, 1.82) is 0 Å². The second-order valence-electron chi connectivity index (χ2n) is 7.57. The Morgan fingerprint density at radius 2 is 1.71 bits per heavy atom. The molecule has 1 aromatic heterocycles. The van der Waals surface area contributed by atoms with E-state index < -0.39 is 24.5 Å². The summed E-state index contributed by atoms with van der Waals surface area (Å²) in [4.78, 5) is 43.9. The SMILES string of the molecule is CCOC(=O)c1sc(N(Cc2ccccc2)C(=O)COC(=O)CCc2ccccc2OC)nc1C. The van der Waals surface area contributed by atoms with E-state index in [4.69, 9.17) is 14.2 Å². The number of benzene rings is 2. The number of esters is 2. The average molecular weight is 497 g/mol. The number of anilines is 1. The number of rotatable bonds is 11. The zero-order valence-electron chi connectivity index (χ0n) is 20.0. The number of thiazole rings is 1. The van der Waals surface area contributed by atoms with E-state index in [0.29, 0.717) is 27.9 Å². The first-order chi connectivity index (χ1) is 16.9. The number of hydrogen-bond acceptors (Lipinski definition) is 8. The Morgan fingerprint density at radius 1 is 1.00 bits per heavy atom. The number of methoxy groups -OCH3 is 1. The number of ether oxygens (including phenoxy) is 3. The van der Waals surface area contributed by atoms with Crippen molar-refractivity contribution in [3.8, 4) is 5.75 Å². The molecule has 0 unspecified atom stereocenters. The average Bonchev–Trinajstić information content (AvgIpc) is 3.26. The van der Waals surface area contributed by atoms with Gasteiger partial charge in [0.05, 0.1) is 26.0 Å². The van der Waals surface area contributed by atoms with Gasteiger partial charge in [0, 0.05) is 6.42 Å². The third-order valence-corrected chi connectivity index (χ3v) is 6.27. The fraction of sp³-hybridized carbons (Fsp3) is 0.308. The summed E-state index contributed by atoms with van der Waals surface area (Å²) in [6.45, 7) is 3.43. The lowest BCUT2D eigenvalue weighted by Gasteiger charge is -2.20. The van der Waals surface area contributed by atoms with Crippen LogP contribution in [0.3, 0.4) is 0 Å². The highest BCUT2D eigenvalue weighted by molar-refractivity contribution is 7.17. The predicted octanol–water partition coefficient (Wildman–Crippen LogP) is 4.35. The number of aromatic nitrogens is 1. The summed E-state index contributed by atoms with van der Waals surface area (Å²) < 4.78 is 15.7. The molecule has 0 spiro atoms. The van der Waals surface area contributed by atoms with Crippen molar-refractivity contribution in [2.45, 2.75) is 33.2 Å². The molecule has 0 saturated carbocycles. The lowest BCUT2D eigenvalue weighted by molar-refractivity contribution is -0.147. The number of carbonyl (C=O) groups is 3. The lowest BCUT2D eigenvalue weighted by Crippen LogP contribution is -2.34. The van der Waals surface area contributed by atoms with E-state index in [0.717, 1.165) is 22.5 Å². The number of amides is 1. The summed E-state index contributed by atoms with van der Waals surface area (Å²) in [6, 6.07) is 16.8. The molecule has 1 heterocycles. The second kappa shape index (κ2) is 12.7. The van der Waals surface area contributed by atoms with Gasteiger partial charge in [-0.05, 0) is 37.5 Å². The summed E-state index contributed by atoms with van der Waals surface area (Å²) in [5.41, 5.74) is 2.23. The maximum Gasteiger partial charge on any atom is 0.350 e. The maximum absolute atomic E-state index is 13.1. The summed E-state index contributed by atoms with van der Waals surface area (Å²) >= 11 is 1.07. The quantitative estimate of drug-likeness (QED) is 0.364. The van der Waals surface area contributed by atoms with Crippen molar-refractivity contribution in [2.75, 3.05) is 25.2 Å². The van der Waals surface area contributed by atoms with Crippen LogP contribution < -0.4 is 9.64 Å². The highest BCUT2D eigenvalue weighted by Crippen LogP contribution is 2.28. The van der Waals surface area contributed by atoms with Crippen LogP contribution in [0.15, 0.2) is 54.6 Å². The van der Waals surface area contributed by atoms with Gasteiger partial charge in [-0.3, -0.25) is 14.5 Å². The summed E-state index contributed by atoms with van der Waals surface area (Å²) in [7, 11) is 1.57. The smallest absolute Gasteiger partial charge is 0.350 e. The van der Waals surface area contributed by atoms with Crippen LogP contribution in [0.5, 0.6) is 5.75 Å². The van der Waals surface area contributed by atoms with E-state index in [1.165, 1.54) is 4.90 Å². The molecule has 0 N–H and O–H groups in total. The third kappa shape index (κ3) is 7.13. The number of hydrogen-bond donors (Lipinski definition) is 0. The Hall–Kier alpha value is -3.72. The number of aryl methyl sites for hydroxylation is 2. The van der Waals surface area contributed by atoms with Gasteiger partial charge in [-0.25, -0.2) is 9.78 Å². The minimum Gasteiger partial charge on any atom is -0.496 e. The van der Waals surface area contributed by atoms with Crippen LogP contribution in [0.4, 0.5) is 5.13 Å². The Morgan fingerprint density at radius 3 is 2.43 bits per heavy atom. The molecule has 3 rings (SSSR count). The minimum absolute atomic E-state index is 0.107. The standard InChI is InChI=1S/C26H28N2O6S/c1-4-33-25(31)24-18(2)27-26(35-24)28(16-19-10-6-5-7-11-19)22(29)17-34-23(30)15-14-20-12-8-9-13-21(20)32-3/h5-13H,4,14-17H2,1-3H3. The second-order valence-corrected chi connectivity index (χ2v) is 8.55. The Labute approximate surface area is 208 Å². The van der Waals surface area contributed by atoms with Gasteiger partial charge in [0.25, 0.3) is 5.91 Å². The number of para-hydroxylation sites is 1. The molecule has 35 heavy (non-hydrogen) atoms. The maximum atomic E-state index is 13.1. The molecule has 0 bridgehead atoms. The molecule has 184 valence electrons. The highest BCUT2D eigenvalue weighted by Gasteiger charge is 2.25. The van der Waals surface area contributed by atoms with Gasteiger partial charge in [-0.2, -0.15) is 0 Å². The van der Waals surface area contributed by atoms with Crippen molar-refractivity contribution in [3.05, 3.63) is 76.3 Å². The summed E-state index contributed by atoms with van der Waals surface area (Å²) in [5.74, 6) is -0.722. The van der Waals surface area contributed by atoms with Gasteiger partial charge in [0.2, 0.25) is 0 Å². The molecule has 0 radical (unpaired) electrons. The van der Waals surface area contributed by atoms with Crippen LogP contribution in [0.1, 0.15) is 39.8 Å². The monoisotopic (exact) mass is 496 g/mol. The Bertz CT molecular complexity index is 1160. The molecule has 8 nitrogen and oxygen atoms in total. The molecule has 9 heteroatoms.